The molecule has 338 valence electrons. The molecular formula is C47H53N11O7. The number of nitro groups is 1. The molecule has 6 heterocycles. The minimum atomic E-state index is -1.11. The van der Waals surface area contributed by atoms with Gasteiger partial charge in [0.25, 0.3) is 17.5 Å². The number of Topliss-reactive ketones (excluding diaryl/α,β-unsaturated/α-hetero) is 1. The number of fused-ring (bicyclic) bond motifs is 3. The molecule has 18 heteroatoms. The van der Waals surface area contributed by atoms with Gasteiger partial charge in [-0.15, -0.1) is 0 Å². The number of amides is 3. The summed E-state index contributed by atoms with van der Waals surface area (Å²) in [5.41, 5.74) is 1.25. The average molecular weight is 884 g/mol. The zero-order chi connectivity index (χ0) is 47.2. The Labute approximate surface area is 375 Å². The van der Waals surface area contributed by atoms with E-state index in [1.165, 1.54) is 23.9 Å². The Morgan fingerprint density at radius 1 is 0.692 bits per heavy atom. The van der Waals surface area contributed by atoms with Gasteiger partial charge in [-0.05, 0) is 90.9 Å². The SMILES string of the molecule is Cn1cc(NC(=O)C(C)(C)c2cc(NC(=O)c3cc([N+](=O)[O-])cn3C)cn2C)cc1C(=O)Nc1cc(C(=O)C(C)(C)NCCC(C)(C)Oc2ccnc3c2ccc2cccnc23)n(C)c1. The van der Waals surface area contributed by atoms with Crippen molar-refractivity contribution in [3.05, 3.63) is 125 Å². The lowest BCUT2D eigenvalue weighted by Crippen LogP contribution is -2.49. The van der Waals surface area contributed by atoms with Gasteiger partial charge in [0.15, 0.2) is 5.78 Å². The maximum atomic E-state index is 13.9. The second-order valence-corrected chi connectivity index (χ2v) is 18.0. The first-order chi connectivity index (χ1) is 30.5. The van der Waals surface area contributed by atoms with E-state index < -0.39 is 33.3 Å². The van der Waals surface area contributed by atoms with Gasteiger partial charge in [-0.2, -0.15) is 0 Å². The predicted molar refractivity (Wildman–Crippen MR) is 249 cm³/mol. The molecule has 0 bridgehead atoms. The number of ether oxygens (including phenoxy) is 1. The fourth-order valence-electron chi connectivity index (χ4n) is 7.88. The normalized spacial score (nSPS) is 12.1. The lowest BCUT2D eigenvalue weighted by Gasteiger charge is -2.30. The van der Waals surface area contributed by atoms with Crippen LogP contribution in [-0.2, 0) is 38.4 Å². The molecule has 3 amide bonds. The fraction of sp³-hybridized carbons (Fsp3) is 0.319. The standard InChI is InChI=1S/C47H53N11O7/c1-45(2,65-37-15-18-49-40-33(37)14-13-28-12-11-17-48-39(28)40)16-19-50-47(5,6)41(59)34-20-29(24-54(34)7)51-42(60)35-21-30(25-55(35)8)53-44(62)46(3,4)38-22-31(26-57(38)10)52-43(61)36-23-32(58(63)64)27-56(36)9/h11-15,17-18,20-27,50H,16,19H2,1-10H3,(H,51,60)(H,52,61)(H,53,62). The van der Waals surface area contributed by atoms with Crippen molar-refractivity contribution in [3.8, 4) is 5.75 Å². The van der Waals surface area contributed by atoms with Gasteiger partial charge in [0.05, 0.1) is 50.3 Å². The Bertz CT molecular complexity index is 3020. The van der Waals surface area contributed by atoms with E-state index in [1.54, 1.807) is 97.9 Å². The number of hydrogen-bond acceptors (Lipinski definition) is 10. The first-order valence-electron chi connectivity index (χ1n) is 20.9. The van der Waals surface area contributed by atoms with Crippen LogP contribution in [0.4, 0.5) is 22.7 Å². The monoisotopic (exact) mass is 883 g/mol. The van der Waals surface area contributed by atoms with E-state index in [1.807, 2.05) is 58.0 Å². The van der Waals surface area contributed by atoms with E-state index in [4.69, 9.17) is 4.74 Å². The number of carbonyl (C=O) groups is 4. The Morgan fingerprint density at radius 2 is 1.28 bits per heavy atom. The number of anilines is 3. The summed E-state index contributed by atoms with van der Waals surface area (Å²) in [5.74, 6) is -0.835. The summed E-state index contributed by atoms with van der Waals surface area (Å²) in [4.78, 5) is 74.0. The van der Waals surface area contributed by atoms with Crippen LogP contribution in [0.5, 0.6) is 5.75 Å². The first-order valence-corrected chi connectivity index (χ1v) is 20.9. The highest BCUT2D eigenvalue weighted by Gasteiger charge is 2.35. The van der Waals surface area contributed by atoms with E-state index in [2.05, 4.69) is 31.2 Å². The van der Waals surface area contributed by atoms with Gasteiger partial charge in [-0.1, -0.05) is 12.1 Å². The van der Waals surface area contributed by atoms with Crippen LogP contribution in [-0.4, -0.2) is 74.3 Å². The summed E-state index contributed by atoms with van der Waals surface area (Å²) in [5, 5.41) is 25.0. The van der Waals surface area contributed by atoms with E-state index >= 15 is 0 Å². The topological polar surface area (TPSA) is 214 Å². The molecule has 1 aromatic carbocycles. The van der Waals surface area contributed by atoms with Crippen molar-refractivity contribution in [2.75, 3.05) is 22.5 Å². The van der Waals surface area contributed by atoms with Crippen molar-refractivity contribution in [2.45, 2.75) is 64.5 Å². The van der Waals surface area contributed by atoms with Gasteiger partial charge in [0.2, 0.25) is 5.91 Å². The van der Waals surface area contributed by atoms with Gasteiger partial charge < -0.3 is 44.3 Å². The summed E-state index contributed by atoms with van der Waals surface area (Å²) < 4.78 is 12.9. The van der Waals surface area contributed by atoms with Crippen LogP contribution in [0.15, 0.2) is 91.8 Å². The third-order valence-electron chi connectivity index (χ3n) is 11.6. The molecule has 0 spiro atoms. The molecule has 0 unspecified atom stereocenters. The molecule has 0 fully saturated rings. The Kier molecular flexibility index (Phi) is 12.0. The second-order valence-electron chi connectivity index (χ2n) is 18.0. The van der Waals surface area contributed by atoms with Crippen LogP contribution in [0.1, 0.15) is 85.1 Å². The number of pyridine rings is 2. The van der Waals surface area contributed by atoms with Crippen molar-refractivity contribution in [3.63, 3.8) is 0 Å². The summed E-state index contributed by atoms with van der Waals surface area (Å²) >= 11 is 0. The predicted octanol–water partition coefficient (Wildman–Crippen LogP) is 7.26. The Balaban J connectivity index is 0.947. The number of rotatable bonds is 16. The largest absolute Gasteiger partial charge is 0.487 e. The molecule has 0 saturated heterocycles. The molecule has 4 N–H and O–H groups in total. The van der Waals surface area contributed by atoms with Crippen molar-refractivity contribution >= 4 is 68.1 Å². The Morgan fingerprint density at radius 3 is 1.95 bits per heavy atom. The highest BCUT2D eigenvalue weighted by Crippen LogP contribution is 2.33. The summed E-state index contributed by atoms with van der Waals surface area (Å²) in [7, 11) is 6.70. The van der Waals surface area contributed by atoms with Crippen molar-refractivity contribution in [1.82, 2.24) is 33.6 Å². The second kappa shape index (κ2) is 17.2. The summed E-state index contributed by atoms with van der Waals surface area (Å²) in [6, 6.07) is 15.8. The fourth-order valence-corrected chi connectivity index (χ4v) is 7.88. The number of benzene rings is 1. The third-order valence-corrected chi connectivity index (χ3v) is 11.6. The number of carbonyl (C=O) groups excluding carboxylic acids is 4. The molecule has 7 aromatic rings. The van der Waals surface area contributed by atoms with Crippen molar-refractivity contribution in [1.29, 1.82) is 0 Å². The highest BCUT2D eigenvalue weighted by atomic mass is 16.6. The van der Waals surface area contributed by atoms with Gasteiger partial charge in [0.1, 0.15) is 28.3 Å². The average Bonchev–Trinajstić information content (AvgIpc) is 4.02. The molecule has 0 aliphatic heterocycles. The molecule has 7 rings (SSSR count). The smallest absolute Gasteiger partial charge is 0.287 e. The van der Waals surface area contributed by atoms with Crippen molar-refractivity contribution < 1.29 is 28.8 Å². The Hall–Kier alpha value is -7.60. The molecule has 0 saturated carbocycles. The van der Waals surface area contributed by atoms with E-state index in [0.29, 0.717) is 47.2 Å². The molecule has 0 radical (unpaired) electrons. The van der Waals surface area contributed by atoms with Crippen LogP contribution >= 0.6 is 0 Å². The van der Waals surface area contributed by atoms with Crippen molar-refractivity contribution in [2.24, 2.45) is 28.2 Å². The molecule has 6 aromatic heterocycles. The first kappa shape index (κ1) is 45.4. The van der Waals surface area contributed by atoms with E-state index in [9.17, 15) is 29.3 Å². The molecular weight excluding hydrogens is 831 g/mol. The zero-order valence-corrected chi connectivity index (χ0v) is 38.1. The van der Waals surface area contributed by atoms with Crippen LogP contribution in [0.25, 0.3) is 21.8 Å². The van der Waals surface area contributed by atoms with Crippen LogP contribution in [0.3, 0.4) is 0 Å². The van der Waals surface area contributed by atoms with Crippen LogP contribution < -0.4 is 26.0 Å². The molecule has 0 aliphatic rings. The maximum absolute atomic E-state index is 13.9. The lowest BCUT2D eigenvalue weighted by molar-refractivity contribution is -0.384. The highest BCUT2D eigenvalue weighted by molar-refractivity contribution is 6.08. The molecule has 65 heavy (non-hydrogen) atoms. The number of nitrogens with one attached hydrogen (secondary N) is 4. The number of aryl methyl sites for hydroxylation is 4. The van der Waals surface area contributed by atoms with Gasteiger partial charge >= 0.3 is 0 Å². The van der Waals surface area contributed by atoms with Crippen LogP contribution in [0.2, 0.25) is 0 Å². The lowest BCUT2D eigenvalue weighted by atomic mass is 9.88. The van der Waals surface area contributed by atoms with Gasteiger partial charge in [0, 0.05) is 81.7 Å². The molecule has 18 nitrogen and oxygen atoms in total. The van der Waals surface area contributed by atoms with Gasteiger partial charge in [-0.3, -0.25) is 39.3 Å². The number of aromatic nitrogens is 6. The maximum Gasteiger partial charge on any atom is 0.287 e. The number of hydrogen-bond donors (Lipinski definition) is 4. The minimum absolute atomic E-state index is 0.100. The molecule has 0 aliphatic carbocycles. The molecule has 0 atom stereocenters. The van der Waals surface area contributed by atoms with Gasteiger partial charge in [-0.25, -0.2) is 0 Å². The zero-order valence-electron chi connectivity index (χ0n) is 38.1. The quantitative estimate of drug-likeness (QED) is 0.0330. The van der Waals surface area contributed by atoms with E-state index in [-0.39, 0.29) is 28.8 Å². The van der Waals surface area contributed by atoms with E-state index in [0.717, 1.165) is 21.8 Å². The van der Waals surface area contributed by atoms with Crippen LogP contribution in [0, 0.1) is 10.1 Å². The summed E-state index contributed by atoms with van der Waals surface area (Å²) in [6.45, 7) is 11.6. The summed E-state index contributed by atoms with van der Waals surface area (Å²) in [6.07, 6.45) is 10.3. The number of ketones is 1. The number of nitrogens with zero attached hydrogens (tertiary/aromatic N) is 7. The minimum Gasteiger partial charge on any atom is -0.487 e. The third kappa shape index (κ3) is 9.38.